The fraction of sp³-hybridized carbons (Fsp3) is 0.682. The topological polar surface area (TPSA) is 81.2 Å². The largest absolute Gasteiger partial charge is 0.481 e. The van der Waals surface area contributed by atoms with Gasteiger partial charge >= 0.3 is 5.97 Å². The van der Waals surface area contributed by atoms with Crippen molar-refractivity contribution in [3.05, 3.63) is 22.4 Å². The van der Waals surface area contributed by atoms with Crippen LogP contribution in [-0.2, 0) is 20.8 Å². The van der Waals surface area contributed by atoms with E-state index in [9.17, 15) is 19.5 Å². The average molecular weight is 436 g/mol. The summed E-state index contributed by atoms with van der Waals surface area (Å²) in [5, 5.41) is 11.3. The number of hydrogen-bond acceptors (Lipinski definition) is 5. The van der Waals surface area contributed by atoms with Crippen molar-refractivity contribution in [3.8, 4) is 0 Å². The first-order chi connectivity index (χ1) is 14.4. The molecule has 1 aromatic heterocycles. The second kappa shape index (κ2) is 10.9. The highest BCUT2D eigenvalue weighted by Crippen LogP contribution is 2.30. The Morgan fingerprint density at radius 1 is 1.10 bits per heavy atom. The Kier molecular flexibility index (Phi) is 8.27. The van der Waals surface area contributed by atoms with Gasteiger partial charge in [-0.2, -0.15) is 0 Å². The second-order valence-electron chi connectivity index (χ2n) is 8.49. The number of aliphatic carboxylic acids is 1. The molecule has 0 bridgehead atoms. The molecule has 3 heterocycles. The van der Waals surface area contributed by atoms with Crippen molar-refractivity contribution in [3.63, 3.8) is 0 Å². The Morgan fingerprint density at radius 3 is 2.63 bits per heavy atom. The lowest BCUT2D eigenvalue weighted by molar-refractivity contribution is -0.140. The molecule has 2 aliphatic heterocycles. The van der Waals surface area contributed by atoms with Crippen molar-refractivity contribution in [2.75, 3.05) is 45.8 Å². The van der Waals surface area contributed by atoms with Crippen LogP contribution in [0.2, 0.25) is 0 Å². The number of carboxylic acids is 1. The van der Waals surface area contributed by atoms with Crippen LogP contribution in [-0.4, -0.2) is 83.4 Å². The van der Waals surface area contributed by atoms with Gasteiger partial charge in [0.15, 0.2) is 0 Å². The minimum Gasteiger partial charge on any atom is -0.481 e. The molecule has 1 N–H and O–H groups in total. The smallest absolute Gasteiger partial charge is 0.303 e. The van der Waals surface area contributed by atoms with Crippen molar-refractivity contribution in [2.45, 2.75) is 39.0 Å². The molecule has 2 saturated heterocycles. The van der Waals surface area contributed by atoms with E-state index in [0.717, 1.165) is 56.9 Å². The van der Waals surface area contributed by atoms with Crippen LogP contribution in [0, 0.1) is 11.8 Å². The predicted molar refractivity (Wildman–Crippen MR) is 116 cm³/mol. The molecule has 0 radical (unpaired) electrons. The van der Waals surface area contributed by atoms with E-state index in [2.05, 4.69) is 4.90 Å². The number of likely N-dealkylation sites (tertiary alicyclic amines) is 1. The molecule has 30 heavy (non-hydrogen) atoms. The summed E-state index contributed by atoms with van der Waals surface area (Å²) < 4.78 is 0. The number of carboxylic acid groups (broad SMARTS) is 1. The third kappa shape index (κ3) is 6.54. The molecule has 2 amide bonds. The van der Waals surface area contributed by atoms with Gasteiger partial charge in [-0.15, -0.1) is 11.3 Å². The lowest BCUT2D eigenvalue weighted by atomic mass is 9.81. The molecule has 0 aromatic carbocycles. The molecule has 2 aliphatic rings. The van der Waals surface area contributed by atoms with Crippen molar-refractivity contribution in [1.29, 1.82) is 0 Å². The molecule has 3 rings (SSSR count). The normalized spacial score (nSPS) is 23.2. The number of carbonyl (C=O) groups is 3. The summed E-state index contributed by atoms with van der Waals surface area (Å²) >= 11 is 1.60. The van der Waals surface area contributed by atoms with Gasteiger partial charge in [0.1, 0.15) is 0 Å². The van der Waals surface area contributed by atoms with Gasteiger partial charge < -0.3 is 19.8 Å². The van der Waals surface area contributed by atoms with E-state index in [1.807, 2.05) is 27.3 Å². The second-order valence-corrected chi connectivity index (χ2v) is 9.52. The van der Waals surface area contributed by atoms with Crippen molar-refractivity contribution >= 4 is 29.1 Å². The average Bonchev–Trinajstić information content (AvgIpc) is 3.09. The van der Waals surface area contributed by atoms with Gasteiger partial charge in [0.2, 0.25) is 11.8 Å². The fourth-order valence-corrected chi connectivity index (χ4v) is 5.36. The summed E-state index contributed by atoms with van der Waals surface area (Å²) in [6.45, 7) is 7.19. The zero-order valence-corrected chi connectivity index (χ0v) is 18.6. The molecule has 166 valence electrons. The zero-order valence-electron chi connectivity index (χ0n) is 17.8. The third-order valence-corrected chi connectivity index (χ3v) is 7.31. The number of carbonyl (C=O) groups excluding carboxylic acids is 2. The summed E-state index contributed by atoms with van der Waals surface area (Å²) in [4.78, 5) is 43.1. The van der Waals surface area contributed by atoms with E-state index in [0.29, 0.717) is 19.5 Å². The molecule has 0 unspecified atom stereocenters. The van der Waals surface area contributed by atoms with E-state index < -0.39 is 5.97 Å². The van der Waals surface area contributed by atoms with Crippen molar-refractivity contribution in [2.24, 2.45) is 11.8 Å². The van der Waals surface area contributed by atoms with Crippen LogP contribution >= 0.6 is 11.3 Å². The Morgan fingerprint density at radius 2 is 1.93 bits per heavy atom. The molecular formula is C22H33N3O4S. The van der Waals surface area contributed by atoms with Gasteiger partial charge in [-0.25, -0.2) is 0 Å². The number of thiophene rings is 1. The minimum absolute atomic E-state index is 0.119. The Hall–Kier alpha value is -1.93. The monoisotopic (exact) mass is 435 g/mol. The van der Waals surface area contributed by atoms with E-state index in [1.165, 1.54) is 0 Å². The lowest BCUT2D eigenvalue weighted by Gasteiger charge is -2.39. The molecule has 0 spiro atoms. The van der Waals surface area contributed by atoms with E-state index >= 15 is 0 Å². The highest BCUT2D eigenvalue weighted by Gasteiger charge is 2.33. The maximum absolute atomic E-state index is 12.8. The first kappa shape index (κ1) is 22.7. The molecular weight excluding hydrogens is 402 g/mol. The number of hydrogen-bond donors (Lipinski definition) is 1. The van der Waals surface area contributed by atoms with Crippen molar-refractivity contribution in [1.82, 2.24) is 14.7 Å². The fourth-order valence-electron chi connectivity index (χ4n) is 4.66. The third-order valence-electron chi connectivity index (χ3n) is 6.44. The van der Waals surface area contributed by atoms with E-state index in [4.69, 9.17) is 0 Å². The van der Waals surface area contributed by atoms with Gasteiger partial charge in [-0.1, -0.05) is 6.07 Å². The van der Waals surface area contributed by atoms with Crippen LogP contribution < -0.4 is 0 Å². The SMILES string of the molecule is CC(=O)N1CCCN(CC[C@@H]2CN(C(=O)Cc3cccs3)CC[C@H]2CC(=O)O)CC1. The van der Waals surface area contributed by atoms with Gasteiger partial charge in [0, 0.05) is 50.9 Å². The summed E-state index contributed by atoms with van der Waals surface area (Å²) in [7, 11) is 0. The molecule has 0 aliphatic carbocycles. The zero-order chi connectivity index (χ0) is 21.5. The Labute approximate surface area is 182 Å². The van der Waals surface area contributed by atoms with Crippen LogP contribution in [0.3, 0.4) is 0 Å². The minimum atomic E-state index is -0.754. The Balaban J connectivity index is 1.56. The summed E-state index contributed by atoms with van der Waals surface area (Å²) in [6, 6.07) is 3.95. The number of piperidine rings is 1. The first-order valence-corrected chi connectivity index (χ1v) is 11.8. The van der Waals surface area contributed by atoms with Crippen LogP contribution in [0.5, 0.6) is 0 Å². The molecule has 2 fully saturated rings. The molecule has 0 saturated carbocycles. The standard InChI is InChI=1S/C22H33N3O4S/c1-17(26)24-8-3-7-23(11-12-24)9-5-19-16-25(10-6-18(19)14-22(28)29)21(27)15-20-4-2-13-30-20/h2,4,13,18-19H,3,5-12,14-16H2,1H3,(H,28,29)/t18-,19+/m0/s1. The van der Waals surface area contributed by atoms with E-state index in [1.54, 1.807) is 18.3 Å². The number of nitrogens with zero attached hydrogens (tertiary/aromatic N) is 3. The summed E-state index contributed by atoms with van der Waals surface area (Å²) in [6.07, 6.45) is 3.22. The molecule has 8 heteroatoms. The van der Waals surface area contributed by atoms with Crippen LogP contribution in [0.4, 0.5) is 0 Å². The van der Waals surface area contributed by atoms with Crippen LogP contribution in [0.25, 0.3) is 0 Å². The van der Waals surface area contributed by atoms with Gasteiger partial charge in [0.25, 0.3) is 0 Å². The lowest BCUT2D eigenvalue weighted by Crippen LogP contribution is -2.46. The molecule has 2 atom stereocenters. The predicted octanol–water partition coefficient (Wildman–Crippen LogP) is 2.17. The van der Waals surface area contributed by atoms with Gasteiger partial charge in [-0.05, 0) is 55.6 Å². The van der Waals surface area contributed by atoms with Crippen molar-refractivity contribution < 1.29 is 19.5 Å². The van der Waals surface area contributed by atoms with E-state index in [-0.39, 0.29) is 30.1 Å². The Bertz CT molecular complexity index is 724. The van der Waals surface area contributed by atoms with Crippen LogP contribution in [0.15, 0.2) is 17.5 Å². The van der Waals surface area contributed by atoms with Crippen LogP contribution in [0.1, 0.15) is 37.5 Å². The quantitative estimate of drug-likeness (QED) is 0.710. The highest BCUT2D eigenvalue weighted by molar-refractivity contribution is 7.10. The maximum atomic E-state index is 12.8. The molecule has 1 aromatic rings. The highest BCUT2D eigenvalue weighted by atomic mass is 32.1. The first-order valence-electron chi connectivity index (χ1n) is 10.9. The number of rotatable bonds is 7. The summed E-state index contributed by atoms with van der Waals surface area (Å²) in [5.74, 6) is -0.160. The van der Waals surface area contributed by atoms with Gasteiger partial charge in [-0.3, -0.25) is 14.4 Å². The van der Waals surface area contributed by atoms with Gasteiger partial charge in [0.05, 0.1) is 6.42 Å². The number of amides is 2. The molecule has 7 nitrogen and oxygen atoms in total. The summed E-state index contributed by atoms with van der Waals surface area (Å²) in [5.41, 5.74) is 0. The maximum Gasteiger partial charge on any atom is 0.303 e.